The maximum atomic E-state index is 13.6. The zero-order chi connectivity index (χ0) is 32.3. The van der Waals surface area contributed by atoms with Gasteiger partial charge in [-0.15, -0.1) is 0 Å². The van der Waals surface area contributed by atoms with Gasteiger partial charge >= 0.3 is 5.63 Å². The van der Waals surface area contributed by atoms with Crippen molar-refractivity contribution in [3.8, 4) is 22.6 Å². The van der Waals surface area contributed by atoms with Crippen LogP contribution in [0, 0.1) is 13.8 Å². The molecule has 0 fully saturated rings. The minimum atomic E-state index is -0.394. The molecule has 6 heteroatoms. The van der Waals surface area contributed by atoms with Gasteiger partial charge in [0.15, 0.2) is 11.5 Å². The van der Waals surface area contributed by atoms with Crippen LogP contribution in [0.25, 0.3) is 43.9 Å². The van der Waals surface area contributed by atoms with E-state index in [0.29, 0.717) is 28.2 Å². The molecule has 0 amide bonds. The maximum Gasteiger partial charge on any atom is 0.344 e. The molecule has 0 saturated heterocycles. The fourth-order valence-corrected chi connectivity index (χ4v) is 7.00. The van der Waals surface area contributed by atoms with Crippen LogP contribution < -0.4 is 15.1 Å². The fourth-order valence-electron chi connectivity index (χ4n) is 7.00. The van der Waals surface area contributed by atoms with Crippen molar-refractivity contribution in [3.63, 3.8) is 0 Å². The first-order valence-electron chi connectivity index (χ1n) is 15.6. The van der Waals surface area contributed by atoms with Gasteiger partial charge in [-0.2, -0.15) is 0 Å². The van der Waals surface area contributed by atoms with E-state index in [0.717, 1.165) is 38.9 Å². The first-order chi connectivity index (χ1) is 22.1. The Morgan fingerprint density at radius 2 is 1.30 bits per heavy atom. The smallest absolute Gasteiger partial charge is 0.344 e. The van der Waals surface area contributed by atoms with E-state index in [9.17, 15) is 4.79 Å². The van der Waals surface area contributed by atoms with E-state index in [1.807, 2.05) is 24.3 Å². The third-order valence-electron chi connectivity index (χ3n) is 9.15. The molecule has 0 aliphatic carbocycles. The van der Waals surface area contributed by atoms with Crippen LogP contribution in [0.4, 0.5) is 0 Å². The molecule has 7 rings (SSSR count). The standard InChI is InChI=1S/C40H38N2O4/c1-22-35(27-12-8-10-14-31(27)41-22)37(36-23(2)42-32-15-11-9-13-28(32)36)25-18-26-19-29(24-16-17-33(44-6)34(21-24)45-7)39(43)46-38(26)30(20-25)40(3,4)5/h8-21,37,41-42H,1-7H3. The molecule has 0 bridgehead atoms. The van der Waals surface area contributed by atoms with E-state index >= 15 is 0 Å². The second-order valence-corrected chi connectivity index (χ2v) is 13.1. The van der Waals surface area contributed by atoms with E-state index in [-0.39, 0.29) is 11.3 Å². The molecule has 3 heterocycles. The van der Waals surface area contributed by atoms with Gasteiger partial charge in [0.25, 0.3) is 0 Å². The number of aromatic amines is 2. The number of nitrogens with one attached hydrogen (secondary N) is 2. The number of hydrogen-bond acceptors (Lipinski definition) is 4. The van der Waals surface area contributed by atoms with Gasteiger partial charge < -0.3 is 23.9 Å². The number of aryl methyl sites for hydroxylation is 2. The molecule has 2 N–H and O–H groups in total. The Morgan fingerprint density at radius 3 is 1.87 bits per heavy atom. The quantitative estimate of drug-likeness (QED) is 0.184. The summed E-state index contributed by atoms with van der Waals surface area (Å²) >= 11 is 0. The molecule has 0 aliphatic heterocycles. The summed E-state index contributed by atoms with van der Waals surface area (Å²) in [5.41, 5.74) is 10.1. The number of fused-ring (bicyclic) bond motifs is 3. The second-order valence-electron chi connectivity index (χ2n) is 13.1. The van der Waals surface area contributed by atoms with Gasteiger partial charge in [0.1, 0.15) is 5.58 Å². The van der Waals surface area contributed by atoms with E-state index in [2.05, 4.69) is 105 Å². The van der Waals surface area contributed by atoms with Crippen molar-refractivity contribution in [3.05, 3.63) is 129 Å². The number of hydrogen-bond donors (Lipinski definition) is 2. The second kappa shape index (κ2) is 11.0. The molecule has 0 radical (unpaired) electrons. The molecule has 0 atom stereocenters. The number of methoxy groups -OCH3 is 2. The Morgan fingerprint density at radius 1 is 0.717 bits per heavy atom. The number of benzene rings is 4. The zero-order valence-electron chi connectivity index (χ0n) is 27.3. The van der Waals surface area contributed by atoms with Crippen LogP contribution in [0.3, 0.4) is 0 Å². The molecule has 0 unspecified atom stereocenters. The summed E-state index contributed by atoms with van der Waals surface area (Å²) in [4.78, 5) is 20.9. The summed E-state index contributed by atoms with van der Waals surface area (Å²) in [6, 6.07) is 28.9. The van der Waals surface area contributed by atoms with Crippen molar-refractivity contribution < 1.29 is 13.9 Å². The predicted molar refractivity (Wildman–Crippen MR) is 187 cm³/mol. The van der Waals surface area contributed by atoms with Gasteiger partial charge in [0.2, 0.25) is 0 Å². The lowest BCUT2D eigenvalue weighted by Gasteiger charge is -2.25. The minimum Gasteiger partial charge on any atom is -0.493 e. The van der Waals surface area contributed by atoms with Crippen LogP contribution in [0.5, 0.6) is 11.5 Å². The molecule has 0 aliphatic rings. The summed E-state index contributed by atoms with van der Waals surface area (Å²) in [5.74, 6) is 1.04. The highest BCUT2D eigenvalue weighted by atomic mass is 16.5. The van der Waals surface area contributed by atoms with Gasteiger partial charge in [-0.3, -0.25) is 0 Å². The third kappa shape index (κ3) is 4.76. The molecule has 0 spiro atoms. The Labute approximate surface area is 268 Å². The minimum absolute atomic E-state index is 0.103. The highest BCUT2D eigenvalue weighted by Gasteiger charge is 2.30. The van der Waals surface area contributed by atoms with Gasteiger partial charge in [0.05, 0.1) is 19.8 Å². The summed E-state index contributed by atoms with van der Waals surface area (Å²) in [5, 5.41) is 3.25. The number of aromatic nitrogens is 2. The molecule has 3 aromatic heterocycles. The molecular formula is C40H38N2O4. The summed E-state index contributed by atoms with van der Waals surface area (Å²) in [6.45, 7) is 10.8. The molecule has 7 aromatic rings. The van der Waals surface area contributed by atoms with E-state index in [1.54, 1.807) is 14.2 Å². The summed E-state index contributed by atoms with van der Waals surface area (Å²) in [7, 11) is 3.19. The van der Waals surface area contributed by atoms with Gasteiger partial charge in [0, 0.05) is 50.1 Å². The SMILES string of the molecule is COc1ccc(-c2cc3cc(C(c4c(C)[nH]c5ccccc45)c4c(C)[nH]c5ccccc45)cc(C(C)(C)C)c3oc2=O)cc1OC. The van der Waals surface area contributed by atoms with Gasteiger partial charge in [-0.25, -0.2) is 4.79 Å². The van der Waals surface area contributed by atoms with Crippen LogP contribution in [-0.4, -0.2) is 24.2 Å². The van der Waals surface area contributed by atoms with Gasteiger partial charge in [-0.1, -0.05) is 69.3 Å². The molecule has 6 nitrogen and oxygen atoms in total. The normalized spacial score (nSPS) is 12.1. The number of para-hydroxylation sites is 2. The lowest BCUT2D eigenvalue weighted by Crippen LogP contribution is -2.15. The molecule has 46 heavy (non-hydrogen) atoms. The first-order valence-corrected chi connectivity index (χ1v) is 15.6. The zero-order valence-corrected chi connectivity index (χ0v) is 27.3. The van der Waals surface area contributed by atoms with Crippen LogP contribution >= 0.6 is 0 Å². The lowest BCUT2D eigenvalue weighted by atomic mass is 9.78. The summed E-state index contributed by atoms with van der Waals surface area (Å²) < 4.78 is 17.2. The Balaban J connectivity index is 1.56. The highest BCUT2D eigenvalue weighted by Crippen LogP contribution is 2.45. The molecule has 0 saturated carbocycles. The number of rotatable bonds is 6. The molecule has 4 aromatic carbocycles. The third-order valence-corrected chi connectivity index (χ3v) is 9.15. The van der Waals surface area contributed by atoms with Crippen molar-refractivity contribution in [2.75, 3.05) is 14.2 Å². The Hall–Kier alpha value is -5.23. The van der Waals surface area contributed by atoms with E-state index < -0.39 is 5.63 Å². The van der Waals surface area contributed by atoms with Crippen molar-refractivity contribution in [1.29, 1.82) is 0 Å². The van der Waals surface area contributed by atoms with Crippen molar-refractivity contribution >= 4 is 32.8 Å². The van der Waals surface area contributed by atoms with Crippen molar-refractivity contribution in [2.24, 2.45) is 0 Å². The first kappa shape index (κ1) is 29.5. The maximum absolute atomic E-state index is 13.6. The topological polar surface area (TPSA) is 80.3 Å². The average Bonchev–Trinajstić information content (AvgIpc) is 3.55. The lowest BCUT2D eigenvalue weighted by molar-refractivity contribution is 0.355. The van der Waals surface area contributed by atoms with Crippen LogP contribution in [0.15, 0.2) is 94.1 Å². The number of H-pyrrole nitrogens is 2. The van der Waals surface area contributed by atoms with Gasteiger partial charge in [-0.05, 0) is 77.9 Å². The van der Waals surface area contributed by atoms with Crippen LogP contribution in [0.1, 0.15) is 60.3 Å². The molecule has 232 valence electrons. The number of ether oxygens (including phenoxy) is 2. The fraction of sp³-hybridized carbons (Fsp3) is 0.225. The van der Waals surface area contributed by atoms with Crippen LogP contribution in [-0.2, 0) is 5.41 Å². The van der Waals surface area contributed by atoms with Crippen LogP contribution in [0.2, 0.25) is 0 Å². The van der Waals surface area contributed by atoms with E-state index in [4.69, 9.17) is 13.9 Å². The van der Waals surface area contributed by atoms with Crippen molar-refractivity contribution in [2.45, 2.75) is 46.0 Å². The highest BCUT2D eigenvalue weighted by molar-refractivity contribution is 5.92. The van der Waals surface area contributed by atoms with Crippen molar-refractivity contribution in [1.82, 2.24) is 9.97 Å². The van der Waals surface area contributed by atoms with E-state index in [1.165, 1.54) is 21.9 Å². The average molecular weight is 611 g/mol. The predicted octanol–water partition coefficient (Wildman–Crippen LogP) is 9.53. The monoisotopic (exact) mass is 610 g/mol. The summed E-state index contributed by atoms with van der Waals surface area (Å²) in [6.07, 6.45) is 0. The Bertz CT molecular complexity index is 2250. The molecular weight excluding hydrogens is 572 g/mol. The largest absolute Gasteiger partial charge is 0.493 e. The Kier molecular flexibility index (Phi) is 7.04.